The zero-order valence-electron chi connectivity index (χ0n) is 35.0. The molecule has 1 fully saturated rings. The van der Waals surface area contributed by atoms with Gasteiger partial charge in [-0.3, -0.25) is 4.90 Å². The van der Waals surface area contributed by atoms with Crippen molar-refractivity contribution in [2.24, 2.45) is 22.9 Å². The first-order valence-electron chi connectivity index (χ1n) is 21.5. The molecule has 0 radical (unpaired) electrons. The van der Waals surface area contributed by atoms with Gasteiger partial charge in [0.2, 0.25) is 12.6 Å². The van der Waals surface area contributed by atoms with Crippen LogP contribution in [0, 0.1) is 17.8 Å². The number of nitrogens with zero attached hydrogens (tertiary/aromatic N) is 2. The van der Waals surface area contributed by atoms with E-state index in [2.05, 4.69) is 42.1 Å². The Bertz CT molecular complexity index is 2260. The standard InChI is InChI=1S/C49H56N2O10/c1-4-24-59-49-45(51(48(54)56-5-2)30-32-16-20-43-44(25-32)58-31-57-43)29-41(50-55-3)39-27-35(14-8-10-22-52)38(15-9-11-23-53)46(47(39)49)40-28-37(19-21-42(40)61-49)60-36-18-17-33-12-6-7-13-34(33)26-36/h4,6-7,12-13,16-21,25-28,35,38,45-47,52-53H,1,5,8-11,14-15,22-24,29-31H2,2-3H3. The number of benzene rings is 4. The number of fused-ring (bicyclic) bond motifs is 4. The Balaban J connectivity index is 1.31. The van der Waals surface area contributed by atoms with Gasteiger partial charge in [-0.05, 0) is 109 Å². The Labute approximate surface area is 357 Å². The fourth-order valence-corrected chi connectivity index (χ4v) is 9.93. The normalized spacial score (nSPS) is 24.0. The van der Waals surface area contributed by atoms with Gasteiger partial charge in [-0.2, -0.15) is 0 Å². The maximum absolute atomic E-state index is 14.4. The van der Waals surface area contributed by atoms with E-state index in [9.17, 15) is 15.0 Å². The van der Waals surface area contributed by atoms with E-state index >= 15 is 0 Å². The SMILES string of the molecule is C=CCOC12Oc3ccc(Oc4ccc5ccccc5c4)cc3C3C(CCCCO)C(CCCCO)C=C(C(=NOC)CC1N(Cc1ccc4c(c1)OCO4)C(=O)OCC)C32. The number of carbonyl (C=O) groups excluding carboxylic acids is 1. The van der Waals surface area contributed by atoms with Crippen LogP contribution in [0.4, 0.5) is 4.79 Å². The van der Waals surface area contributed by atoms with E-state index in [0.29, 0.717) is 47.3 Å². The molecule has 6 unspecified atom stereocenters. The summed E-state index contributed by atoms with van der Waals surface area (Å²) in [6, 6.07) is 25.1. The second kappa shape index (κ2) is 19.0. The first kappa shape index (κ1) is 42.1. The average Bonchev–Trinajstić information content (AvgIpc) is 3.75. The first-order valence-corrected chi connectivity index (χ1v) is 21.5. The molecule has 0 spiro atoms. The fourth-order valence-electron chi connectivity index (χ4n) is 9.93. The van der Waals surface area contributed by atoms with Crippen molar-refractivity contribution in [3.63, 3.8) is 0 Å². The monoisotopic (exact) mass is 832 g/mol. The molecular weight excluding hydrogens is 777 g/mol. The van der Waals surface area contributed by atoms with Crippen LogP contribution >= 0.6 is 0 Å². The van der Waals surface area contributed by atoms with E-state index < -0.39 is 23.8 Å². The summed E-state index contributed by atoms with van der Waals surface area (Å²) in [7, 11) is 1.54. The highest BCUT2D eigenvalue weighted by molar-refractivity contribution is 6.03. The van der Waals surface area contributed by atoms with Crippen molar-refractivity contribution < 1.29 is 48.3 Å². The highest BCUT2D eigenvalue weighted by Gasteiger charge is 2.65. The van der Waals surface area contributed by atoms with Crippen molar-refractivity contribution in [3.05, 3.63) is 114 Å². The molecule has 2 heterocycles. The summed E-state index contributed by atoms with van der Waals surface area (Å²) >= 11 is 0. The minimum absolute atomic E-state index is 0.0525. The van der Waals surface area contributed by atoms with Crippen molar-refractivity contribution in [3.8, 4) is 28.7 Å². The second-order valence-electron chi connectivity index (χ2n) is 16.1. The van der Waals surface area contributed by atoms with Crippen LogP contribution < -0.4 is 18.9 Å². The van der Waals surface area contributed by atoms with Crippen molar-refractivity contribution in [2.75, 3.05) is 40.3 Å². The number of unbranched alkanes of at least 4 members (excludes halogenated alkanes) is 2. The average molecular weight is 833 g/mol. The second-order valence-corrected chi connectivity index (χ2v) is 16.1. The molecule has 2 aliphatic carbocycles. The molecule has 4 aromatic rings. The summed E-state index contributed by atoms with van der Waals surface area (Å²) in [4.78, 5) is 21.7. The lowest BCUT2D eigenvalue weighted by Gasteiger charge is -2.59. The van der Waals surface area contributed by atoms with Gasteiger partial charge in [-0.25, -0.2) is 4.79 Å². The number of allylic oxidation sites excluding steroid dienone is 1. The van der Waals surface area contributed by atoms with Crippen molar-refractivity contribution >= 4 is 22.6 Å². The lowest BCUT2D eigenvalue weighted by Crippen LogP contribution is -2.70. The Morgan fingerprint density at radius 1 is 0.918 bits per heavy atom. The lowest BCUT2D eigenvalue weighted by molar-refractivity contribution is -0.256. The van der Waals surface area contributed by atoms with Crippen LogP contribution in [0.3, 0.4) is 0 Å². The molecule has 61 heavy (non-hydrogen) atoms. The number of hydrogen-bond acceptors (Lipinski definition) is 11. The van der Waals surface area contributed by atoms with Gasteiger partial charge in [0.15, 0.2) is 11.5 Å². The molecule has 2 N–H and O–H groups in total. The molecule has 12 heteroatoms. The van der Waals surface area contributed by atoms with E-state index in [-0.39, 0.29) is 63.9 Å². The zero-order chi connectivity index (χ0) is 42.3. The zero-order valence-corrected chi connectivity index (χ0v) is 35.0. The summed E-state index contributed by atoms with van der Waals surface area (Å²) in [5, 5.41) is 26.7. The van der Waals surface area contributed by atoms with Gasteiger partial charge in [0, 0.05) is 37.7 Å². The number of oxime groups is 1. The summed E-state index contributed by atoms with van der Waals surface area (Å²) in [5.74, 6) is 1.24. The largest absolute Gasteiger partial charge is 0.459 e. The number of ether oxygens (including phenoxy) is 6. The minimum Gasteiger partial charge on any atom is -0.459 e. The molecule has 0 bridgehead atoms. The quantitative estimate of drug-likeness (QED) is 0.0567. The summed E-state index contributed by atoms with van der Waals surface area (Å²) in [6.07, 6.45) is 8.35. The van der Waals surface area contributed by atoms with Gasteiger partial charge in [0.25, 0.3) is 0 Å². The molecule has 322 valence electrons. The van der Waals surface area contributed by atoms with E-state index in [0.717, 1.165) is 53.2 Å². The van der Waals surface area contributed by atoms with Crippen LogP contribution in [0.15, 0.2) is 108 Å². The predicted octanol–water partition coefficient (Wildman–Crippen LogP) is 9.28. The molecule has 0 aromatic heterocycles. The molecular formula is C49H56N2O10. The van der Waals surface area contributed by atoms with Gasteiger partial charge in [0.1, 0.15) is 30.4 Å². The number of aliphatic hydroxyl groups is 2. The lowest BCUT2D eigenvalue weighted by atomic mass is 9.55. The maximum Gasteiger partial charge on any atom is 0.410 e. The van der Waals surface area contributed by atoms with E-state index in [4.69, 9.17) is 33.3 Å². The number of rotatable bonds is 18. The molecule has 0 saturated heterocycles. The number of carbonyl (C=O) groups is 1. The van der Waals surface area contributed by atoms with E-state index in [1.165, 1.54) is 7.11 Å². The highest BCUT2D eigenvalue weighted by Crippen LogP contribution is 2.62. The fraction of sp³-hybridized carbons (Fsp3) is 0.429. The van der Waals surface area contributed by atoms with Crippen molar-refractivity contribution in [2.45, 2.75) is 76.2 Å². The van der Waals surface area contributed by atoms with Crippen molar-refractivity contribution in [1.29, 1.82) is 0 Å². The third-order valence-electron chi connectivity index (χ3n) is 12.5. The van der Waals surface area contributed by atoms with E-state index in [1.807, 2.05) is 54.6 Å². The number of hydrogen-bond donors (Lipinski definition) is 2. The molecule has 8 rings (SSSR count). The molecule has 1 saturated carbocycles. The number of aliphatic hydroxyl groups excluding tert-OH is 2. The summed E-state index contributed by atoms with van der Waals surface area (Å²) in [5.41, 5.74) is 3.40. The molecule has 1 amide bonds. The van der Waals surface area contributed by atoms with Crippen LogP contribution in [0.2, 0.25) is 0 Å². The summed E-state index contributed by atoms with van der Waals surface area (Å²) in [6.45, 7) is 6.59. The Morgan fingerprint density at radius 2 is 1.67 bits per heavy atom. The Hall–Kier alpha value is -5.56. The molecule has 12 nitrogen and oxygen atoms in total. The maximum atomic E-state index is 14.4. The predicted molar refractivity (Wildman–Crippen MR) is 231 cm³/mol. The van der Waals surface area contributed by atoms with E-state index in [1.54, 1.807) is 17.9 Å². The minimum atomic E-state index is -1.44. The highest BCUT2D eigenvalue weighted by atomic mass is 16.7. The Morgan fingerprint density at radius 3 is 2.46 bits per heavy atom. The van der Waals surface area contributed by atoms with Gasteiger partial charge in [-0.15, -0.1) is 6.58 Å². The third kappa shape index (κ3) is 8.54. The third-order valence-corrected chi connectivity index (χ3v) is 12.5. The van der Waals surface area contributed by atoms with Gasteiger partial charge >= 0.3 is 6.09 Å². The van der Waals surface area contributed by atoms with Gasteiger partial charge in [0.05, 0.1) is 24.8 Å². The Kier molecular flexibility index (Phi) is 13.1. The van der Waals surface area contributed by atoms with Crippen LogP contribution in [0.1, 0.15) is 68.9 Å². The molecule has 6 atom stereocenters. The molecule has 4 aromatic carbocycles. The van der Waals surface area contributed by atoms with Crippen LogP contribution in [-0.4, -0.2) is 79.1 Å². The van der Waals surface area contributed by atoms with Gasteiger partial charge < -0.3 is 43.5 Å². The van der Waals surface area contributed by atoms with Crippen LogP contribution in [-0.2, 0) is 20.9 Å². The van der Waals surface area contributed by atoms with Crippen molar-refractivity contribution in [1.82, 2.24) is 4.90 Å². The first-order chi connectivity index (χ1) is 29.9. The number of amides is 1. The van der Waals surface area contributed by atoms with Crippen LogP contribution in [0.25, 0.3) is 10.8 Å². The molecule has 2 aliphatic heterocycles. The van der Waals surface area contributed by atoms with Gasteiger partial charge in [-0.1, -0.05) is 66.5 Å². The molecule has 4 aliphatic rings. The van der Waals surface area contributed by atoms with Crippen LogP contribution in [0.5, 0.6) is 28.7 Å². The topological polar surface area (TPSA) is 138 Å². The summed E-state index contributed by atoms with van der Waals surface area (Å²) < 4.78 is 38.2. The smallest absolute Gasteiger partial charge is 0.410 e.